The summed E-state index contributed by atoms with van der Waals surface area (Å²) >= 11 is 0. The standard InChI is InChI=1S/C20H19N3O3/c1-2-25-20(24)22-15-12-13-19(21-14-15)23-17-10-6-7-11-18(17)26-16-8-4-3-5-9-16/h3-14H,2H2,1H3,(H,21,23)(H,22,24). The molecule has 0 saturated heterocycles. The summed E-state index contributed by atoms with van der Waals surface area (Å²) in [6, 6.07) is 20.7. The predicted molar refractivity (Wildman–Crippen MR) is 101 cm³/mol. The molecule has 0 atom stereocenters. The van der Waals surface area contributed by atoms with E-state index in [4.69, 9.17) is 9.47 Å². The number of anilines is 3. The van der Waals surface area contributed by atoms with Crippen LogP contribution in [0.5, 0.6) is 11.5 Å². The van der Waals surface area contributed by atoms with Crippen molar-refractivity contribution in [1.29, 1.82) is 0 Å². The predicted octanol–water partition coefficient (Wildman–Crippen LogP) is 5.19. The highest BCUT2D eigenvalue weighted by Crippen LogP contribution is 2.31. The summed E-state index contributed by atoms with van der Waals surface area (Å²) in [7, 11) is 0. The van der Waals surface area contributed by atoms with Gasteiger partial charge in [-0.25, -0.2) is 9.78 Å². The third-order valence-electron chi connectivity index (χ3n) is 3.41. The number of ether oxygens (including phenoxy) is 2. The molecule has 2 aromatic carbocycles. The zero-order valence-corrected chi connectivity index (χ0v) is 14.3. The molecule has 0 unspecified atom stereocenters. The zero-order valence-electron chi connectivity index (χ0n) is 14.3. The first-order chi connectivity index (χ1) is 12.7. The summed E-state index contributed by atoms with van der Waals surface area (Å²) in [6.07, 6.45) is 1.05. The third-order valence-corrected chi connectivity index (χ3v) is 3.41. The molecule has 0 fully saturated rings. The van der Waals surface area contributed by atoms with E-state index in [2.05, 4.69) is 15.6 Å². The van der Waals surface area contributed by atoms with E-state index in [1.54, 1.807) is 25.3 Å². The molecule has 0 radical (unpaired) electrons. The molecule has 0 aliphatic heterocycles. The van der Waals surface area contributed by atoms with Crippen LogP contribution >= 0.6 is 0 Å². The maximum Gasteiger partial charge on any atom is 0.411 e. The number of nitrogens with zero attached hydrogens (tertiary/aromatic N) is 1. The minimum Gasteiger partial charge on any atom is -0.455 e. The molecule has 0 bridgehead atoms. The number of carbonyl (C=O) groups excluding carboxylic acids is 1. The smallest absolute Gasteiger partial charge is 0.411 e. The summed E-state index contributed by atoms with van der Waals surface area (Å²) in [5.74, 6) is 2.07. The van der Waals surface area contributed by atoms with Crippen LogP contribution in [-0.4, -0.2) is 17.7 Å². The molecule has 2 N–H and O–H groups in total. The highest BCUT2D eigenvalue weighted by atomic mass is 16.5. The molecule has 3 rings (SSSR count). The second-order valence-corrected chi connectivity index (χ2v) is 5.31. The lowest BCUT2D eigenvalue weighted by atomic mass is 10.2. The molecule has 26 heavy (non-hydrogen) atoms. The van der Waals surface area contributed by atoms with E-state index in [1.165, 1.54) is 0 Å². The molecule has 6 nitrogen and oxygen atoms in total. The number of hydrogen-bond donors (Lipinski definition) is 2. The molecule has 1 heterocycles. The summed E-state index contributed by atoms with van der Waals surface area (Å²) in [5.41, 5.74) is 1.35. The van der Waals surface area contributed by atoms with Gasteiger partial charge in [-0.15, -0.1) is 0 Å². The lowest BCUT2D eigenvalue weighted by molar-refractivity contribution is 0.168. The summed E-state index contributed by atoms with van der Waals surface area (Å²) in [6.45, 7) is 2.07. The number of benzene rings is 2. The van der Waals surface area contributed by atoms with E-state index in [0.29, 0.717) is 23.9 Å². The molecular formula is C20H19N3O3. The van der Waals surface area contributed by atoms with Crippen molar-refractivity contribution >= 4 is 23.3 Å². The minimum absolute atomic E-state index is 0.317. The second kappa shape index (κ2) is 8.53. The molecule has 1 aromatic heterocycles. The lowest BCUT2D eigenvalue weighted by Gasteiger charge is -2.13. The van der Waals surface area contributed by atoms with Crippen molar-refractivity contribution < 1.29 is 14.3 Å². The molecule has 0 spiro atoms. The average Bonchev–Trinajstić information content (AvgIpc) is 2.66. The van der Waals surface area contributed by atoms with Crippen LogP contribution in [0.3, 0.4) is 0 Å². The Hall–Kier alpha value is -3.54. The first kappa shape index (κ1) is 17.3. The zero-order chi connectivity index (χ0) is 18.2. The van der Waals surface area contributed by atoms with Gasteiger partial charge in [0.2, 0.25) is 0 Å². The number of hydrogen-bond acceptors (Lipinski definition) is 5. The topological polar surface area (TPSA) is 72.5 Å². The van der Waals surface area contributed by atoms with Crippen molar-refractivity contribution in [2.24, 2.45) is 0 Å². The first-order valence-electron chi connectivity index (χ1n) is 8.23. The third kappa shape index (κ3) is 4.73. The van der Waals surface area contributed by atoms with Gasteiger partial charge in [-0.2, -0.15) is 0 Å². The van der Waals surface area contributed by atoms with E-state index < -0.39 is 6.09 Å². The van der Waals surface area contributed by atoms with Crippen molar-refractivity contribution in [2.45, 2.75) is 6.92 Å². The molecule has 0 aliphatic carbocycles. The molecule has 0 saturated carbocycles. The average molecular weight is 349 g/mol. The van der Waals surface area contributed by atoms with Crippen LogP contribution in [0.25, 0.3) is 0 Å². The maximum atomic E-state index is 11.4. The van der Waals surface area contributed by atoms with Gasteiger partial charge in [0.05, 0.1) is 24.2 Å². The Kier molecular flexibility index (Phi) is 5.67. The van der Waals surface area contributed by atoms with Gasteiger partial charge in [0, 0.05) is 0 Å². The molecular weight excluding hydrogens is 330 g/mol. The first-order valence-corrected chi connectivity index (χ1v) is 8.23. The van der Waals surface area contributed by atoms with E-state index in [9.17, 15) is 4.79 Å². The van der Waals surface area contributed by atoms with Crippen LogP contribution in [0.4, 0.5) is 22.0 Å². The van der Waals surface area contributed by atoms with E-state index in [-0.39, 0.29) is 0 Å². The quantitative estimate of drug-likeness (QED) is 0.641. The van der Waals surface area contributed by atoms with Crippen molar-refractivity contribution in [2.75, 3.05) is 17.2 Å². The highest BCUT2D eigenvalue weighted by Gasteiger charge is 2.06. The summed E-state index contributed by atoms with van der Waals surface area (Å²) in [4.78, 5) is 15.7. The van der Waals surface area contributed by atoms with Crippen LogP contribution in [0.15, 0.2) is 72.9 Å². The highest BCUT2D eigenvalue weighted by molar-refractivity contribution is 5.84. The number of pyridine rings is 1. The van der Waals surface area contributed by atoms with Crippen molar-refractivity contribution in [3.8, 4) is 11.5 Å². The van der Waals surface area contributed by atoms with Gasteiger partial charge >= 0.3 is 6.09 Å². The molecule has 0 aliphatic rings. The minimum atomic E-state index is -0.503. The van der Waals surface area contributed by atoms with Gasteiger partial charge in [0.25, 0.3) is 0 Å². The normalized spacial score (nSPS) is 10.0. The van der Waals surface area contributed by atoms with Gasteiger partial charge in [-0.05, 0) is 43.3 Å². The van der Waals surface area contributed by atoms with Crippen LogP contribution in [-0.2, 0) is 4.74 Å². The van der Waals surface area contributed by atoms with E-state index in [0.717, 1.165) is 11.4 Å². The number of rotatable bonds is 6. The molecule has 1 amide bonds. The van der Waals surface area contributed by atoms with Crippen molar-refractivity contribution in [3.63, 3.8) is 0 Å². The van der Waals surface area contributed by atoms with Gasteiger partial charge in [-0.3, -0.25) is 5.32 Å². The number of carbonyl (C=O) groups is 1. The summed E-state index contributed by atoms with van der Waals surface area (Å²) < 4.78 is 10.8. The monoisotopic (exact) mass is 349 g/mol. The van der Waals surface area contributed by atoms with E-state index in [1.807, 2.05) is 54.6 Å². The maximum absolute atomic E-state index is 11.4. The Balaban J connectivity index is 1.70. The Morgan fingerprint density at radius 3 is 2.50 bits per heavy atom. The van der Waals surface area contributed by atoms with E-state index >= 15 is 0 Å². The summed E-state index contributed by atoms with van der Waals surface area (Å²) in [5, 5.41) is 5.82. The number of amides is 1. The fourth-order valence-electron chi connectivity index (χ4n) is 2.24. The van der Waals surface area contributed by atoms with Crippen LogP contribution in [0.2, 0.25) is 0 Å². The van der Waals surface area contributed by atoms with Gasteiger partial charge in [0.1, 0.15) is 11.6 Å². The molecule has 132 valence electrons. The van der Waals surface area contributed by atoms with Crippen LogP contribution in [0, 0.1) is 0 Å². The Bertz CT molecular complexity index is 852. The fourth-order valence-corrected chi connectivity index (χ4v) is 2.24. The Labute approximate surface area is 151 Å². The van der Waals surface area contributed by atoms with Gasteiger partial charge in [0.15, 0.2) is 5.75 Å². The molecule has 6 heteroatoms. The number of nitrogens with one attached hydrogen (secondary N) is 2. The number of para-hydroxylation sites is 3. The van der Waals surface area contributed by atoms with Gasteiger partial charge < -0.3 is 14.8 Å². The van der Waals surface area contributed by atoms with Crippen molar-refractivity contribution in [3.05, 3.63) is 72.9 Å². The van der Waals surface area contributed by atoms with Crippen LogP contribution in [0.1, 0.15) is 6.92 Å². The molecule has 3 aromatic rings. The largest absolute Gasteiger partial charge is 0.455 e. The van der Waals surface area contributed by atoms with Crippen LogP contribution < -0.4 is 15.4 Å². The second-order valence-electron chi connectivity index (χ2n) is 5.31. The Morgan fingerprint density at radius 1 is 1.00 bits per heavy atom. The SMILES string of the molecule is CCOC(=O)Nc1ccc(Nc2ccccc2Oc2ccccc2)nc1. The fraction of sp³-hybridized carbons (Fsp3) is 0.100. The van der Waals surface area contributed by atoms with Gasteiger partial charge in [-0.1, -0.05) is 30.3 Å². The lowest BCUT2D eigenvalue weighted by Crippen LogP contribution is -2.13. The van der Waals surface area contributed by atoms with Crippen molar-refractivity contribution in [1.82, 2.24) is 4.98 Å². The number of aromatic nitrogens is 1. The Morgan fingerprint density at radius 2 is 1.77 bits per heavy atom.